The molecular weight excluding hydrogens is 382 g/mol. The van der Waals surface area contributed by atoms with Crippen molar-refractivity contribution in [1.82, 2.24) is 4.72 Å². The van der Waals surface area contributed by atoms with Crippen LogP contribution in [0.3, 0.4) is 0 Å². The maximum absolute atomic E-state index is 12.3. The van der Waals surface area contributed by atoms with Gasteiger partial charge in [0.25, 0.3) is 0 Å². The van der Waals surface area contributed by atoms with Crippen LogP contribution in [0.15, 0.2) is 35.2 Å². The zero-order valence-corrected chi connectivity index (χ0v) is 19.0. The molecule has 0 saturated heterocycles. The van der Waals surface area contributed by atoms with Gasteiger partial charge in [0, 0.05) is 13.2 Å². The molecule has 4 aliphatic rings. The molecule has 4 saturated carbocycles. The number of benzene rings is 1. The number of rotatable bonds is 8. The van der Waals surface area contributed by atoms with E-state index in [0.717, 1.165) is 12.3 Å². The third kappa shape index (κ3) is 4.88. The highest BCUT2D eigenvalue weighted by molar-refractivity contribution is 7.89. The summed E-state index contributed by atoms with van der Waals surface area (Å²) >= 11 is 0. The smallest absolute Gasteiger partial charge is 0.240 e. The first kappa shape index (κ1) is 21.3. The van der Waals surface area contributed by atoms with Gasteiger partial charge in [0.1, 0.15) is 0 Å². The van der Waals surface area contributed by atoms with Gasteiger partial charge in [0.2, 0.25) is 10.0 Å². The Morgan fingerprint density at radius 3 is 2.34 bits per heavy atom. The second kappa shape index (κ2) is 7.97. The van der Waals surface area contributed by atoms with Crippen molar-refractivity contribution in [1.29, 1.82) is 0 Å². The highest BCUT2D eigenvalue weighted by Gasteiger charge is 2.56. The summed E-state index contributed by atoms with van der Waals surface area (Å²) in [7, 11) is -3.41. The predicted molar refractivity (Wildman–Crippen MR) is 116 cm³/mol. The van der Waals surface area contributed by atoms with Crippen LogP contribution in [0.4, 0.5) is 0 Å². The quantitative estimate of drug-likeness (QED) is 0.603. The molecule has 4 fully saturated rings. The summed E-state index contributed by atoms with van der Waals surface area (Å²) in [5, 5.41) is 0. The number of hydrogen-bond donors (Lipinski definition) is 1. The van der Waals surface area contributed by atoms with Crippen molar-refractivity contribution < 1.29 is 13.2 Å². The molecule has 2 atom stereocenters. The van der Waals surface area contributed by atoms with Crippen LogP contribution >= 0.6 is 0 Å². The van der Waals surface area contributed by atoms with Crippen molar-refractivity contribution in [2.24, 2.45) is 28.6 Å². The van der Waals surface area contributed by atoms with Crippen LogP contribution in [0, 0.1) is 28.6 Å². The van der Waals surface area contributed by atoms with Gasteiger partial charge in [-0.1, -0.05) is 39.0 Å². The molecule has 1 aromatic rings. The Bertz CT molecular complexity index is 783. The molecule has 0 heterocycles. The van der Waals surface area contributed by atoms with Crippen LogP contribution in [0.2, 0.25) is 0 Å². The lowest BCUT2D eigenvalue weighted by Gasteiger charge is -2.61. The van der Waals surface area contributed by atoms with Gasteiger partial charge in [-0.25, -0.2) is 13.1 Å². The first-order chi connectivity index (χ1) is 13.7. The fourth-order valence-corrected chi connectivity index (χ4v) is 8.04. The van der Waals surface area contributed by atoms with E-state index in [1.807, 2.05) is 6.07 Å². The Morgan fingerprint density at radius 1 is 1.07 bits per heavy atom. The number of sulfonamides is 1. The van der Waals surface area contributed by atoms with Crippen LogP contribution in [-0.2, 0) is 14.8 Å². The first-order valence-electron chi connectivity index (χ1n) is 11.3. The van der Waals surface area contributed by atoms with Crippen LogP contribution in [0.5, 0.6) is 0 Å². The Morgan fingerprint density at radius 2 is 1.72 bits per heavy atom. The molecule has 0 radical (unpaired) electrons. The third-order valence-electron chi connectivity index (χ3n) is 7.20. The molecule has 5 rings (SSSR count). The zero-order valence-electron chi connectivity index (χ0n) is 18.2. The largest absolute Gasteiger partial charge is 0.378 e. The molecule has 4 bridgehead atoms. The van der Waals surface area contributed by atoms with E-state index in [9.17, 15) is 8.42 Å². The van der Waals surface area contributed by atoms with Crippen molar-refractivity contribution >= 4 is 10.0 Å². The molecule has 29 heavy (non-hydrogen) atoms. The summed E-state index contributed by atoms with van der Waals surface area (Å²) in [6.45, 7) is 8.23. The fourth-order valence-electron chi connectivity index (χ4n) is 6.94. The number of hydrogen-bond acceptors (Lipinski definition) is 3. The van der Waals surface area contributed by atoms with E-state index >= 15 is 0 Å². The maximum Gasteiger partial charge on any atom is 0.240 e. The highest BCUT2D eigenvalue weighted by atomic mass is 32.2. The lowest BCUT2D eigenvalue weighted by molar-refractivity contribution is -0.166. The van der Waals surface area contributed by atoms with E-state index in [-0.39, 0.29) is 0 Å². The van der Waals surface area contributed by atoms with Gasteiger partial charge in [0.05, 0.1) is 11.0 Å². The summed E-state index contributed by atoms with van der Waals surface area (Å²) in [5.41, 5.74) is 0.956. The van der Waals surface area contributed by atoms with Crippen LogP contribution in [-0.4, -0.2) is 27.7 Å². The van der Waals surface area contributed by atoms with Crippen molar-refractivity contribution in [3.8, 4) is 0 Å². The van der Waals surface area contributed by atoms with Crippen molar-refractivity contribution in [2.75, 3.05) is 13.2 Å². The molecule has 0 spiro atoms. The Hall–Kier alpha value is -0.910. The zero-order chi connectivity index (χ0) is 20.7. The molecule has 4 aliphatic carbocycles. The molecule has 5 heteroatoms. The number of nitrogens with one attached hydrogen (secondary N) is 1. The van der Waals surface area contributed by atoms with Crippen molar-refractivity contribution in [3.63, 3.8) is 0 Å². The van der Waals surface area contributed by atoms with Crippen molar-refractivity contribution in [3.05, 3.63) is 30.3 Å². The summed E-state index contributed by atoms with van der Waals surface area (Å²) in [6.07, 6.45) is 9.25. The van der Waals surface area contributed by atoms with Crippen LogP contribution < -0.4 is 4.72 Å². The monoisotopic (exact) mass is 419 g/mol. The van der Waals surface area contributed by atoms with Crippen molar-refractivity contribution in [2.45, 2.75) is 76.7 Å². The second-order valence-electron chi connectivity index (χ2n) is 11.1. The maximum atomic E-state index is 12.3. The molecule has 0 amide bonds. The normalized spacial score (nSPS) is 33.9. The molecule has 0 aromatic heterocycles. The van der Waals surface area contributed by atoms with Gasteiger partial charge >= 0.3 is 0 Å². The van der Waals surface area contributed by atoms with E-state index in [2.05, 4.69) is 25.5 Å². The first-order valence-corrected chi connectivity index (χ1v) is 12.8. The predicted octanol–water partition coefficient (Wildman–Crippen LogP) is 5.00. The van der Waals surface area contributed by atoms with Gasteiger partial charge < -0.3 is 4.74 Å². The van der Waals surface area contributed by atoms with E-state index in [1.54, 1.807) is 24.3 Å². The highest BCUT2D eigenvalue weighted by Crippen LogP contribution is 2.63. The van der Waals surface area contributed by atoms with Gasteiger partial charge in [-0.2, -0.15) is 0 Å². The summed E-state index contributed by atoms with van der Waals surface area (Å²) in [4.78, 5) is 0.325. The van der Waals surface area contributed by atoms with E-state index in [1.165, 1.54) is 38.5 Å². The molecule has 2 unspecified atom stereocenters. The van der Waals surface area contributed by atoms with Crippen LogP contribution in [0.1, 0.15) is 65.7 Å². The van der Waals surface area contributed by atoms with E-state index in [0.29, 0.717) is 46.8 Å². The molecule has 0 aliphatic heterocycles. The number of ether oxygens (including phenoxy) is 1. The fraction of sp³-hybridized carbons (Fsp3) is 0.750. The average molecular weight is 420 g/mol. The lowest BCUT2D eigenvalue weighted by Crippen LogP contribution is -2.55. The SMILES string of the molecule is CC(C)(C)CC12CC3CC(C1)C(OCCCNS(=O)(=O)c1ccccc1)C(C3)C2. The Labute approximate surface area is 176 Å². The Balaban J connectivity index is 1.26. The summed E-state index contributed by atoms with van der Waals surface area (Å²) in [5.74, 6) is 2.33. The summed E-state index contributed by atoms with van der Waals surface area (Å²) in [6, 6.07) is 8.57. The van der Waals surface area contributed by atoms with E-state index < -0.39 is 10.0 Å². The minimum Gasteiger partial charge on any atom is -0.378 e. The molecule has 4 nitrogen and oxygen atoms in total. The van der Waals surface area contributed by atoms with Gasteiger partial charge in [-0.3, -0.25) is 0 Å². The van der Waals surface area contributed by atoms with Gasteiger partial charge in [0.15, 0.2) is 0 Å². The molecule has 1 N–H and O–H groups in total. The minimum absolute atomic E-state index is 0.325. The Kier molecular flexibility index (Phi) is 5.86. The molecular formula is C24H37NO3S. The topological polar surface area (TPSA) is 55.4 Å². The summed E-state index contributed by atoms with van der Waals surface area (Å²) < 4.78 is 33.7. The second-order valence-corrected chi connectivity index (χ2v) is 12.9. The van der Waals surface area contributed by atoms with Crippen LogP contribution in [0.25, 0.3) is 0 Å². The van der Waals surface area contributed by atoms with E-state index in [4.69, 9.17) is 4.74 Å². The molecule has 1 aromatic carbocycles. The standard InChI is InChI=1S/C24H37NO3S/c1-23(2,3)17-24-14-18-12-19(15-24)22(20(13-18)16-24)28-11-7-10-25-29(26,27)21-8-5-4-6-9-21/h4-6,8-9,18-20,22,25H,7,10-17H2,1-3H3. The minimum atomic E-state index is -3.41. The van der Waals surface area contributed by atoms with Gasteiger partial charge in [-0.05, 0) is 85.7 Å². The molecule has 162 valence electrons. The van der Waals surface area contributed by atoms with Gasteiger partial charge in [-0.15, -0.1) is 0 Å². The third-order valence-corrected chi connectivity index (χ3v) is 8.67. The average Bonchev–Trinajstić information content (AvgIpc) is 2.61. The lowest BCUT2D eigenvalue weighted by atomic mass is 9.46.